The molecule has 3 aliphatic rings. The number of alkyl halides is 1. The van der Waals surface area contributed by atoms with Gasteiger partial charge in [-0.1, -0.05) is 19.9 Å². The van der Waals surface area contributed by atoms with Gasteiger partial charge in [0.15, 0.2) is 11.2 Å². The van der Waals surface area contributed by atoms with Crippen molar-refractivity contribution >= 4 is 23.4 Å². The number of ether oxygens (including phenoxy) is 4. The Hall–Kier alpha value is -2.25. The van der Waals surface area contributed by atoms with Crippen molar-refractivity contribution in [2.24, 2.45) is 5.92 Å². The number of Topliss-reactive ketones (excluding diaryl/α,β-unsaturated/α-hetero) is 1. The molecule has 2 atom stereocenters. The number of ketones is 1. The predicted octanol–water partition coefficient (Wildman–Crippen LogP) is 3.46. The SMILES string of the molecule is CCOC(=O)C1=CN2C(=CC1)C1=C(C=C(OCCCOC)[C@@H](Cl)C1=O)OCC2C(C)C. The maximum atomic E-state index is 13.3. The van der Waals surface area contributed by atoms with Crippen molar-refractivity contribution in [3.63, 3.8) is 0 Å². The van der Waals surface area contributed by atoms with Gasteiger partial charge in [0.05, 0.1) is 36.1 Å². The minimum Gasteiger partial charge on any atom is -0.496 e. The molecule has 0 saturated carbocycles. The Balaban J connectivity index is 1.95. The predicted molar refractivity (Wildman–Crippen MR) is 116 cm³/mol. The van der Waals surface area contributed by atoms with Crippen molar-refractivity contribution < 1.29 is 28.5 Å². The number of halogens is 1. The number of allylic oxidation sites excluding steroid dienone is 4. The molecule has 3 rings (SSSR count). The van der Waals surface area contributed by atoms with Crippen LogP contribution in [0.15, 0.2) is 46.7 Å². The Morgan fingerprint density at radius 3 is 2.81 bits per heavy atom. The molecule has 31 heavy (non-hydrogen) atoms. The Labute approximate surface area is 188 Å². The molecule has 0 aromatic heterocycles. The Kier molecular flexibility index (Phi) is 7.84. The molecular weight excluding hydrogens is 422 g/mol. The molecule has 2 heterocycles. The second-order valence-corrected chi connectivity index (χ2v) is 8.34. The highest BCUT2D eigenvalue weighted by molar-refractivity contribution is 6.36. The summed E-state index contributed by atoms with van der Waals surface area (Å²) in [6.45, 7) is 7.55. The number of hydrogen-bond donors (Lipinski definition) is 0. The van der Waals surface area contributed by atoms with Gasteiger partial charge in [0, 0.05) is 38.8 Å². The number of methoxy groups -OCH3 is 1. The first-order valence-electron chi connectivity index (χ1n) is 10.6. The zero-order chi connectivity index (χ0) is 22.5. The molecule has 170 valence electrons. The number of hydrogen-bond acceptors (Lipinski definition) is 7. The van der Waals surface area contributed by atoms with E-state index in [9.17, 15) is 9.59 Å². The summed E-state index contributed by atoms with van der Waals surface area (Å²) < 4.78 is 22.0. The van der Waals surface area contributed by atoms with Crippen molar-refractivity contribution in [3.05, 3.63) is 46.7 Å². The Bertz CT molecular complexity index is 841. The van der Waals surface area contributed by atoms with Crippen LogP contribution in [0.2, 0.25) is 0 Å². The number of nitrogens with zero attached hydrogens (tertiary/aromatic N) is 1. The van der Waals surface area contributed by atoms with Gasteiger partial charge in [-0.25, -0.2) is 4.79 Å². The number of carbonyl (C=O) groups excluding carboxylic acids is 2. The van der Waals surface area contributed by atoms with E-state index >= 15 is 0 Å². The van der Waals surface area contributed by atoms with Crippen LogP contribution >= 0.6 is 11.6 Å². The van der Waals surface area contributed by atoms with Crippen LogP contribution in [0.5, 0.6) is 0 Å². The molecule has 1 aliphatic carbocycles. The lowest BCUT2D eigenvalue weighted by Gasteiger charge is -2.36. The van der Waals surface area contributed by atoms with E-state index in [1.807, 2.05) is 11.0 Å². The lowest BCUT2D eigenvalue weighted by Crippen LogP contribution is -2.40. The second-order valence-electron chi connectivity index (χ2n) is 7.91. The lowest BCUT2D eigenvalue weighted by atomic mass is 9.92. The third-order valence-electron chi connectivity index (χ3n) is 5.43. The van der Waals surface area contributed by atoms with E-state index in [1.54, 1.807) is 26.3 Å². The van der Waals surface area contributed by atoms with Gasteiger partial charge in [-0.3, -0.25) is 4.79 Å². The van der Waals surface area contributed by atoms with E-state index in [1.165, 1.54) is 0 Å². The van der Waals surface area contributed by atoms with E-state index in [2.05, 4.69) is 13.8 Å². The highest BCUT2D eigenvalue weighted by Crippen LogP contribution is 2.39. The minimum absolute atomic E-state index is 0.0670. The van der Waals surface area contributed by atoms with E-state index in [4.69, 9.17) is 30.5 Å². The zero-order valence-corrected chi connectivity index (χ0v) is 19.2. The third-order valence-corrected chi connectivity index (χ3v) is 5.84. The summed E-state index contributed by atoms with van der Waals surface area (Å²) in [6, 6.07) is -0.0670. The first-order chi connectivity index (χ1) is 14.9. The van der Waals surface area contributed by atoms with Crippen molar-refractivity contribution in [2.45, 2.75) is 45.0 Å². The standard InChI is InChI=1S/C23H30ClNO6/c1-5-29-23(27)15-7-8-16-20-18(31-13-17(14(2)3)25(16)12-15)11-19(21(24)22(20)26)30-10-6-9-28-4/h8,11-12,14,17,21H,5-7,9-10,13H2,1-4H3/t17?,21-/m1/s1. The van der Waals surface area contributed by atoms with Crippen LogP contribution in [0.3, 0.4) is 0 Å². The summed E-state index contributed by atoms with van der Waals surface area (Å²) in [5.74, 6) is 0.426. The largest absolute Gasteiger partial charge is 0.496 e. The van der Waals surface area contributed by atoms with Crippen LogP contribution in [-0.2, 0) is 28.5 Å². The van der Waals surface area contributed by atoms with E-state index in [0.29, 0.717) is 67.6 Å². The maximum Gasteiger partial charge on any atom is 0.335 e. The van der Waals surface area contributed by atoms with Gasteiger partial charge in [-0.15, -0.1) is 11.6 Å². The molecule has 1 unspecified atom stereocenters. The molecule has 0 saturated heterocycles. The van der Waals surface area contributed by atoms with Crippen LogP contribution in [0.25, 0.3) is 0 Å². The highest BCUT2D eigenvalue weighted by Gasteiger charge is 2.41. The molecule has 0 aromatic rings. The molecule has 0 spiro atoms. The molecule has 0 N–H and O–H groups in total. The van der Waals surface area contributed by atoms with Crippen LogP contribution in [0.1, 0.15) is 33.6 Å². The van der Waals surface area contributed by atoms with Crippen LogP contribution in [0.4, 0.5) is 0 Å². The summed E-state index contributed by atoms with van der Waals surface area (Å²) in [5.41, 5.74) is 1.68. The van der Waals surface area contributed by atoms with E-state index in [-0.39, 0.29) is 23.7 Å². The summed E-state index contributed by atoms with van der Waals surface area (Å²) >= 11 is 6.47. The lowest BCUT2D eigenvalue weighted by molar-refractivity contribution is -0.138. The molecule has 8 heteroatoms. The molecule has 0 aromatic carbocycles. The average Bonchev–Trinajstić information content (AvgIpc) is 2.91. The number of esters is 1. The molecule has 0 radical (unpaired) electrons. The minimum atomic E-state index is -0.932. The van der Waals surface area contributed by atoms with Crippen molar-refractivity contribution in [1.29, 1.82) is 0 Å². The van der Waals surface area contributed by atoms with Crippen molar-refractivity contribution in [2.75, 3.05) is 33.5 Å². The Morgan fingerprint density at radius 2 is 2.13 bits per heavy atom. The van der Waals surface area contributed by atoms with Gasteiger partial charge < -0.3 is 23.8 Å². The van der Waals surface area contributed by atoms with Gasteiger partial charge in [0.2, 0.25) is 0 Å². The van der Waals surface area contributed by atoms with Crippen molar-refractivity contribution in [3.8, 4) is 0 Å². The number of carbonyl (C=O) groups is 2. The second kappa shape index (κ2) is 10.4. The topological polar surface area (TPSA) is 74.3 Å². The number of fused-ring (bicyclic) bond motifs is 2. The quantitative estimate of drug-likeness (QED) is 0.318. The van der Waals surface area contributed by atoms with Crippen LogP contribution in [-0.4, -0.2) is 61.6 Å². The molecule has 0 bridgehead atoms. The van der Waals surface area contributed by atoms with Gasteiger partial charge in [0.1, 0.15) is 18.1 Å². The summed E-state index contributed by atoms with van der Waals surface area (Å²) in [5, 5.41) is -0.932. The fourth-order valence-electron chi connectivity index (χ4n) is 3.76. The molecule has 0 amide bonds. The maximum absolute atomic E-state index is 13.3. The fourth-order valence-corrected chi connectivity index (χ4v) is 4.00. The molecule has 0 fully saturated rings. The van der Waals surface area contributed by atoms with Gasteiger partial charge >= 0.3 is 5.97 Å². The first-order valence-corrected chi connectivity index (χ1v) is 11.1. The van der Waals surface area contributed by atoms with Gasteiger partial charge in [0.25, 0.3) is 0 Å². The monoisotopic (exact) mass is 451 g/mol. The van der Waals surface area contributed by atoms with Gasteiger partial charge in [-0.2, -0.15) is 0 Å². The molecular formula is C23H30ClNO6. The van der Waals surface area contributed by atoms with Crippen molar-refractivity contribution in [1.82, 2.24) is 4.90 Å². The van der Waals surface area contributed by atoms with Gasteiger partial charge in [-0.05, 0) is 12.8 Å². The molecule has 2 aliphatic heterocycles. The number of rotatable bonds is 8. The first kappa shape index (κ1) is 23.4. The average molecular weight is 452 g/mol. The fraction of sp³-hybridized carbons (Fsp3) is 0.565. The highest BCUT2D eigenvalue weighted by atomic mass is 35.5. The van der Waals surface area contributed by atoms with E-state index < -0.39 is 5.38 Å². The summed E-state index contributed by atoms with van der Waals surface area (Å²) in [6.07, 6.45) is 6.44. The van der Waals surface area contributed by atoms with Crippen LogP contribution in [0, 0.1) is 5.92 Å². The molecule has 7 nitrogen and oxygen atoms in total. The normalized spacial score (nSPS) is 23.2. The zero-order valence-electron chi connectivity index (χ0n) is 18.5. The Morgan fingerprint density at radius 1 is 1.35 bits per heavy atom. The van der Waals surface area contributed by atoms with E-state index in [0.717, 1.165) is 0 Å². The summed E-state index contributed by atoms with van der Waals surface area (Å²) in [4.78, 5) is 27.5. The summed E-state index contributed by atoms with van der Waals surface area (Å²) in [7, 11) is 1.63. The van der Waals surface area contributed by atoms with Crippen LogP contribution < -0.4 is 0 Å². The third kappa shape index (κ3) is 4.99. The smallest absolute Gasteiger partial charge is 0.335 e.